The van der Waals surface area contributed by atoms with Crippen LogP contribution in [-0.4, -0.2) is 169 Å². The Labute approximate surface area is 230 Å². The largest absolute Gasteiger partial charge is 3.00 e. The third-order valence-corrected chi connectivity index (χ3v) is 0. The summed E-state index contributed by atoms with van der Waals surface area (Å²) in [6, 6.07) is 0. The van der Waals surface area contributed by atoms with Crippen LogP contribution in [0.15, 0.2) is 0 Å². The van der Waals surface area contributed by atoms with E-state index in [1.165, 1.54) is 0 Å². The van der Waals surface area contributed by atoms with E-state index in [1.807, 2.05) is 0 Å². The predicted octanol–water partition coefficient (Wildman–Crippen LogP) is -3.65. The molecule has 0 spiro atoms. The van der Waals surface area contributed by atoms with Gasteiger partial charge in [-0.3, -0.25) is 0 Å². The van der Waals surface area contributed by atoms with E-state index >= 15 is 0 Å². The maximum Gasteiger partial charge on any atom is 3.00 e. The molecule has 19 heavy (non-hydrogen) atoms. The van der Waals surface area contributed by atoms with Crippen LogP contribution in [0.4, 0.5) is 0 Å². The molecule has 0 aromatic carbocycles. The Morgan fingerprint density at radius 3 is 0.158 bits per heavy atom. The van der Waals surface area contributed by atoms with E-state index in [-0.39, 0.29) is 234 Å². The topological polar surface area (TPSA) is 360 Å². The molecule has 0 aromatic rings. The fourth-order valence-electron chi connectivity index (χ4n) is 0. The van der Waals surface area contributed by atoms with Gasteiger partial charge in [-0.2, -0.15) is 0 Å². The normalized spacial score (nSPS) is 0. The molecule has 0 aromatic heterocycles. The zero-order chi connectivity index (χ0) is 0. The van der Waals surface area contributed by atoms with Crippen LogP contribution in [0.25, 0.3) is 0 Å². The van der Waals surface area contributed by atoms with Gasteiger partial charge in [0.15, 0.2) is 0 Å². The minimum Gasteiger partial charge on any atom is -0.870 e. The van der Waals surface area contributed by atoms with Crippen molar-refractivity contribution in [3.8, 4) is 0 Å². The van der Waals surface area contributed by atoms with Crippen molar-refractivity contribution in [1.29, 1.82) is 0 Å². The average Bonchev–Trinajstić information content (AvgIpc) is 0. The van der Waals surface area contributed by atoms with E-state index in [0.29, 0.717) is 0 Å². The molecule has 108 valence electrons. The van der Waals surface area contributed by atoms with Crippen LogP contribution < -0.4 is 0 Å². The van der Waals surface area contributed by atoms with Crippen LogP contribution in [0.3, 0.4) is 0 Å². The Balaban J connectivity index is 0. The monoisotopic (exact) mass is 807 g/mol. The molecule has 0 saturated carbocycles. The molecular weight excluding hydrogens is 795 g/mol. The molecule has 0 rings (SSSR count). The van der Waals surface area contributed by atoms with Crippen LogP contribution in [0.5, 0.6) is 0 Å². The molecule has 0 aliphatic carbocycles. The van der Waals surface area contributed by atoms with Gasteiger partial charge >= 0.3 is 103 Å². The van der Waals surface area contributed by atoms with Gasteiger partial charge in [0.05, 0.1) is 0 Å². The third kappa shape index (κ3) is 391. The summed E-state index contributed by atoms with van der Waals surface area (Å²) >= 11 is 0. The molecule has 0 radical (unpaired) electrons. The minimum absolute atomic E-state index is 0. The molecule has 0 fully saturated rings. The van der Waals surface area contributed by atoms with Crippen molar-refractivity contribution in [2.45, 2.75) is 0 Å². The van der Waals surface area contributed by atoms with E-state index in [1.54, 1.807) is 0 Å². The average molecular weight is 807 g/mol. The minimum atomic E-state index is 0. The van der Waals surface area contributed by atoms with Crippen LogP contribution in [0.1, 0.15) is 0 Å². The quantitative estimate of drug-likeness (QED) is 0.214. The first-order valence-electron chi connectivity index (χ1n) is 0. The van der Waals surface area contributed by atoms with Crippen LogP contribution in [-0.2, 0) is 65.2 Å². The van der Waals surface area contributed by atoms with E-state index in [0.717, 1.165) is 0 Å². The number of hydrogen-bond acceptors (Lipinski definition) is 12. The second-order valence-corrected chi connectivity index (χ2v) is 0. The molecule has 0 heterocycles. The Morgan fingerprint density at radius 2 is 0.158 bits per heavy atom. The van der Waals surface area contributed by atoms with Gasteiger partial charge in [-0.15, -0.1) is 0 Å². The molecule has 12 nitrogen and oxygen atoms in total. The van der Waals surface area contributed by atoms with Crippen molar-refractivity contribution in [3.63, 3.8) is 0 Å². The van der Waals surface area contributed by atoms with Gasteiger partial charge in [-0.1, -0.05) is 0 Å². The Hall–Kier alpha value is 5.14. The second-order valence-electron chi connectivity index (χ2n) is 0. The molecule has 0 saturated heterocycles. The molecule has 0 aliphatic heterocycles. The van der Waals surface area contributed by atoms with Gasteiger partial charge in [0, 0.05) is 65.2 Å². The molecule has 19 heteroatoms. The molecular formula is H12In4O12Ti3. The van der Waals surface area contributed by atoms with Crippen molar-refractivity contribution in [1.82, 2.24) is 0 Å². The van der Waals surface area contributed by atoms with E-state index < -0.39 is 0 Å². The van der Waals surface area contributed by atoms with E-state index in [4.69, 9.17) is 0 Å². The van der Waals surface area contributed by atoms with Gasteiger partial charge < -0.3 is 65.7 Å². The van der Waals surface area contributed by atoms with Crippen molar-refractivity contribution in [2.24, 2.45) is 0 Å². The molecule has 0 amide bonds. The molecule has 0 aliphatic rings. The smallest absolute Gasteiger partial charge is 0.870 e. The van der Waals surface area contributed by atoms with Gasteiger partial charge in [-0.05, 0) is 0 Å². The van der Waals surface area contributed by atoms with Crippen LogP contribution in [0.2, 0.25) is 0 Å². The third-order valence-electron chi connectivity index (χ3n) is 0. The van der Waals surface area contributed by atoms with Gasteiger partial charge in [0.1, 0.15) is 0 Å². The van der Waals surface area contributed by atoms with Crippen molar-refractivity contribution < 1.29 is 131 Å². The number of rotatable bonds is 0. The van der Waals surface area contributed by atoms with E-state index in [2.05, 4.69) is 0 Å². The van der Waals surface area contributed by atoms with E-state index in [9.17, 15) is 0 Å². The first-order chi connectivity index (χ1) is 0. The van der Waals surface area contributed by atoms with Crippen LogP contribution >= 0.6 is 0 Å². The van der Waals surface area contributed by atoms with Gasteiger partial charge in [0.2, 0.25) is 0 Å². The Bertz CT molecular complexity index is 24.9. The predicted molar refractivity (Wildman–Crippen MR) is 46.2 cm³/mol. The first kappa shape index (κ1) is 489. The Kier molecular flexibility index (Phi) is 11000. The zero-order valence-corrected chi connectivity index (χ0v) is 27.0. The van der Waals surface area contributed by atoms with Crippen molar-refractivity contribution >= 4 is 103 Å². The fraction of sp³-hybridized carbons (Fsp3) is 0. The molecule has 0 atom stereocenters. The zero-order valence-electron chi connectivity index (χ0n) is 9.18. The van der Waals surface area contributed by atoms with Crippen molar-refractivity contribution in [2.75, 3.05) is 0 Å². The molecule has 0 bridgehead atoms. The summed E-state index contributed by atoms with van der Waals surface area (Å²) in [7, 11) is 0. The summed E-state index contributed by atoms with van der Waals surface area (Å²) in [5.41, 5.74) is 0. The molecule has 0 unspecified atom stereocenters. The summed E-state index contributed by atoms with van der Waals surface area (Å²) in [6.07, 6.45) is 0. The van der Waals surface area contributed by atoms with Gasteiger partial charge in [0.25, 0.3) is 0 Å². The summed E-state index contributed by atoms with van der Waals surface area (Å²) in [6.45, 7) is 0. The summed E-state index contributed by atoms with van der Waals surface area (Å²) in [4.78, 5) is 0. The maximum atomic E-state index is 0. The van der Waals surface area contributed by atoms with Gasteiger partial charge in [-0.25, -0.2) is 0 Å². The summed E-state index contributed by atoms with van der Waals surface area (Å²) in [5.74, 6) is 0. The summed E-state index contributed by atoms with van der Waals surface area (Å²) < 4.78 is 0. The van der Waals surface area contributed by atoms with Crippen molar-refractivity contribution in [3.05, 3.63) is 0 Å². The fourth-order valence-corrected chi connectivity index (χ4v) is 0. The molecule has 12 N–H and O–H groups in total. The first-order valence-corrected chi connectivity index (χ1v) is 0. The second kappa shape index (κ2) is 429. The Morgan fingerprint density at radius 1 is 0.158 bits per heavy atom. The standard InChI is InChI=1S/4In.12H2O.3Ti/h;;;;12*1H2;;;/q4*+3;;;;;;;;;;;;;;;/p-12. The van der Waals surface area contributed by atoms with Crippen LogP contribution in [0, 0.1) is 0 Å². The number of hydrogen-bond donors (Lipinski definition) is 0. The summed E-state index contributed by atoms with van der Waals surface area (Å²) in [5, 5.41) is 0. The SMILES string of the molecule is [In+3].[In+3].[In+3].[In+3].[OH-].[OH-].[OH-].[OH-].[OH-].[OH-].[OH-].[OH-].[OH-].[OH-].[OH-].[OH-].[Ti].[Ti].[Ti]. The maximum absolute atomic E-state index is 0.